The van der Waals surface area contributed by atoms with E-state index in [1.54, 1.807) is 4.90 Å². The van der Waals surface area contributed by atoms with Crippen LogP contribution in [-0.4, -0.2) is 25.2 Å². The summed E-state index contributed by atoms with van der Waals surface area (Å²) in [5.41, 5.74) is 1.96. The maximum Gasteiger partial charge on any atom is 0.253 e. The van der Waals surface area contributed by atoms with Crippen LogP contribution in [0.3, 0.4) is 0 Å². The van der Waals surface area contributed by atoms with Crippen molar-refractivity contribution in [3.05, 3.63) is 28.2 Å². The van der Waals surface area contributed by atoms with E-state index in [9.17, 15) is 4.79 Å². The molecule has 1 aromatic rings. The Balaban J connectivity index is 2.22. The van der Waals surface area contributed by atoms with Crippen LogP contribution < -0.4 is 4.90 Å². The number of morpholine rings is 1. The first kappa shape index (κ1) is 13.1. The molecule has 1 heterocycles. The normalized spacial score (nSPS) is 19.7. The predicted octanol–water partition coefficient (Wildman–Crippen LogP) is 2.40. The van der Waals surface area contributed by atoms with Gasteiger partial charge in [-0.05, 0) is 24.6 Å². The number of aryl methyl sites for hydroxylation is 1. The zero-order valence-electron chi connectivity index (χ0n) is 10.0. The van der Waals surface area contributed by atoms with E-state index < -0.39 is 0 Å². The molecule has 2 rings (SSSR count). The number of halogens is 1. The van der Waals surface area contributed by atoms with Crippen molar-refractivity contribution in [3.63, 3.8) is 0 Å². The minimum Gasteiger partial charge on any atom is -0.365 e. The van der Waals surface area contributed by atoms with E-state index >= 15 is 0 Å². The van der Waals surface area contributed by atoms with E-state index in [1.165, 1.54) is 0 Å². The second-order valence-corrected chi connectivity index (χ2v) is 5.09. The van der Waals surface area contributed by atoms with Gasteiger partial charge in [-0.1, -0.05) is 22.0 Å². The fraction of sp³-hybridized carbons (Fsp3) is 0.385. The zero-order valence-corrected chi connectivity index (χ0v) is 11.6. The highest BCUT2D eigenvalue weighted by Gasteiger charge is 2.27. The summed E-state index contributed by atoms with van der Waals surface area (Å²) in [5.74, 6) is -0.0695. The Labute approximate surface area is 114 Å². The number of anilines is 1. The van der Waals surface area contributed by atoms with Gasteiger partial charge in [-0.15, -0.1) is 0 Å². The minimum absolute atomic E-state index is 0.0395. The lowest BCUT2D eigenvalue weighted by molar-refractivity contribution is -0.129. The van der Waals surface area contributed by atoms with Gasteiger partial charge in [0.15, 0.2) is 0 Å². The molecule has 1 unspecified atom stereocenters. The summed E-state index contributed by atoms with van der Waals surface area (Å²) in [7, 11) is 0. The largest absolute Gasteiger partial charge is 0.365 e. The summed E-state index contributed by atoms with van der Waals surface area (Å²) < 4.78 is 6.28. The van der Waals surface area contributed by atoms with Crippen molar-refractivity contribution >= 4 is 27.5 Å². The Morgan fingerprint density at radius 3 is 3.06 bits per heavy atom. The molecule has 0 saturated carbocycles. The number of benzene rings is 1. The molecule has 94 valence electrons. The van der Waals surface area contributed by atoms with E-state index in [4.69, 9.17) is 10.00 Å². The smallest absolute Gasteiger partial charge is 0.253 e. The highest BCUT2D eigenvalue weighted by molar-refractivity contribution is 9.10. The maximum atomic E-state index is 11.8. The Morgan fingerprint density at radius 1 is 1.61 bits per heavy atom. The van der Waals surface area contributed by atoms with Gasteiger partial charge in [0.1, 0.15) is 6.61 Å². The molecule has 1 saturated heterocycles. The molecule has 1 aromatic carbocycles. The quantitative estimate of drug-likeness (QED) is 0.843. The van der Waals surface area contributed by atoms with Gasteiger partial charge in [-0.25, -0.2) is 0 Å². The molecule has 0 spiro atoms. The zero-order chi connectivity index (χ0) is 13.1. The highest BCUT2D eigenvalue weighted by Crippen LogP contribution is 2.25. The van der Waals surface area contributed by atoms with Gasteiger partial charge in [0.05, 0.1) is 25.1 Å². The molecule has 1 aliphatic rings. The number of carbonyl (C=O) groups excluding carboxylic acids is 1. The molecule has 1 fully saturated rings. The first-order valence-electron chi connectivity index (χ1n) is 5.67. The number of ether oxygens (including phenoxy) is 1. The number of carbonyl (C=O) groups is 1. The lowest BCUT2D eigenvalue weighted by Gasteiger charge is -2.32. The van der Waals surface area contributed by atoms with Crippen LogP contribution in [0.15, 0.2) is 22.7 Å². The topological polar surface area (TPSA) is 53.3 Å². The van der Waals surface area contributed by atoms with Gasteiger partial charge in [0, 0.05) is 10.2 Å². The lowest BCUT2D eigenvalue weighted by atomic mass is 10.1. The van der Waals surface area contributed by atoms with E-state index in [1.807, 2.05) is 25.1 Å². The molecule has 0 aromatic heterocycles. The van der Waals surface area contributed by atoms with Crippen molar-refractivity contribution in [2.75, 3.05) is 18.1 Å². The molecule has 0 bridgehead atoms. The van der Waals surface area contributed by atoms with Crippen LogP contribution in [-0.2, 0) is 9.53 Å². The summed E-state index contributed by atoms with van der Waals surface area (Å²) in [4.78, 5) is 13.5. The van der Waals surface area contributed by atoms with Crippen LogP contribution in [0.2, 0.25) is 0 Å². The first-order valence-corrected chi connectivity index (χ1v) is 6.46. The molecule has 1 aliphatic heterocycles. The molecular weight excluding hydrogens is 296 g/mol. The Hall–Kier alpha value is -1.38. The van der Waals surface area contributed by atoms with Crippen LogP contribution in [0.4, 0.5) is 5.69 Å². The average Bonchev–Trinajstić information content (AvgIpc) is 2.35. The second kappa shape index (κ2) is 5.51. The van der Waals surface area contributed by atoms with Crippen molar-refractivity contribution in [1.82, 2.24) is 0 Å². The van der Waals surface area contributed by atoms with E-state index in [-0.39, 0.29) is 18.6 Å². The fourth-order valence-corrected chi connectivity index (χ4v) is 2.22. The van der Waals surface area contributed by atoms with E-state index in [2.05, 4.69) is 22.0 Å². The van der Waals surface area contributed by atoms with Crippen LogP contribution in [0.5, 0.6) is 0 Å². The number of nitriles is 1. The van der Waals surface area contributed by atoms with E-state index in [0.717, 1.165) is 15.7 Å². The van der Waals surface area contributed by atoms with Crippen LogP contribution in [0.25, 0.3) is 0 Å². The van der Waals surface area contributed by atoms with Crippen molar-refractivity contribution in [2.24, 2.45) is 0 Å². The number of hydrogen-bond acceptors (Lipinski definition) is 3. The summed E-state index contributed by atoms with van der Waals surface area (Å²) >= 11 is 3.46. The molecule has 0 aliphatic carbocycles. The van der Waals surface area contributed by atoms with Gasteiger partial charge < -0.3 is 9.64 Å². The van der Waals surface area contributed by atoms with Gasteiger partial charge in [0.25, 0.3) is 5.91 Å². The summed E-state index contributed by atoms with van der Waals surface area (Å²) in [6.07, 6.45) is 0.101. The third-order valence-electron chi connectivity index (χ3n) is 2.92. The van der Waals surface area contributed by atoms with Crippen LogP contribution in [0.1, 0.15) is 12.0 Å². The summed E-state index contributed by atoms with van der Waals surface area (Å²) in [5, 5.41) is 8.68. The van der Waals surface area contributed by atoms with Gasteiger partial charge in [0.2, 0.25) is 0 Å². The molecule has 1 atom stereocenters. The van der Waals surface area contributed by atoms with Gasteiger partial charge in [-0.3, -0.25) is 4.79 Å². The number of rotatable bonds is 2. The molecule has 18 heavy (non-hydrogen) atoms. The summed E-state index contributed by atoms with van der Waals surface area (Å²) in [6.45, 7) is 2.47. The first-order chi connectivity index (χ1) is 8.61. The molecule has 0 N–H and O–H groups in total. The average molecular weight is 309 g/mol. The molecule has 4 nitrogen and oxygen atoms in total. The van der Waals surface area contributed by atoms with Crippen LogP contribution >= 0.6 is 15.9 Å². The number of amides is 1. The van der Waals surface area contributed by atoms with Crippen molar-refractivity contribution in [1.29, 1.82) is 5.26 Å². The predicted molar refractivity (Wildman–Crippen MR) is 71.2 cm³/mol. The third-order valence-corrected chi connectivity index (χ3v) is 3.77. The molecule has 0 radical (unpaired) electrons. The number of nitrogens with zero attached hydrogens (tertiary/aromatic N) is 2. The summed E-state index contributed by atoms with van der Waals surface area (Å²) in [6, 6.07) is 7.86. The SMILES string of the molecule is Cc1ccc(N2CC(CC#N)OCC2=O)cc1Br. The molecule has 1 amide bonds. The lowest BCUT2D eigenvalue weighted by Crippen LogP contribution is -2.46. The van der Waals surface area contributed by atoms with Crippen molar-refractivity contribution in [2.45, 2.75) is 19.4 Å². The van der Waals surface area contributed by atoms with Gasteiger partial charge in [-0.2, -0.15) is 5.26 Å². The number of hydrogen-bond donors (Lipinski definition) is 0. The maximum absolute atomic E-state index is 11.8. The fourth-order valence-electron chi connectivity index (χ4n) is 1.85. The van der Waals surface area contributed by atoms with Crippen LogP contribution in [0, 0.1) is 18.3 Å². The minimum atomic E-state index is -0.201. The Morgan fingerprint density at radius 2 is 2.39 bits per heavy atom. The molecule has 5 heteroatoms. The standard InChI is InChI=1S/C13H13BrN2O2/c1-9-2-3-10(6-12(9)14)16-7-11(4-5-15)18-8-13(16)17/h2-3,6,11H,4,7-8H2,1H3. The Kier molecular flexibility index (Phi) is 4.00. The van der Waals surface area contributed by atoms with E-state index in [0.29, 0.717) is 13.0 Å². The molecular formula is C13H13BrN2O2. The van der Waals surface area contributed by atoms with Gasteiger partial charge >= 0.3 is 0 Å². The highest BCUT2D eigenvalue weighted by atomic mass is 79.9. The van der Waals surface area contributed by atoms with Crippen molar-refractivity contribution in [3.8, 4) is 6.07 Å². The second-order valence-electron chi connectivity index (χ2n) is 4.23. The Bertz CT molecular complexity index is 510. The third kappa shape index (κ3) is 2.71. The van der Waals surface area contributed by atoms with Crippen molar-refractivity contribution < 1.29 is 9.53 Å². The monoisotopic (exact) mass is 308 g/mol.